The molecule has 3 heteroatoms. The summed E-state index contributed by atoms with van der Waals surface area (Å²) in [5, 5.41) is 4.18. The highest BCUT2D eigenvalue weighted by Crippen LogP contribution is 2.27. The van der Waals surface area contributed by atoms with Crippen LogP contribution in [0.2, 0.25) is 0 Å². The van der Waals surface area contributed by atoms with E-state index >= 15 is 0 Å². The molecule has 2 nitrogen and oxygen atoms in total. The molecule has 0 aliphatic carbocycles. The molecule has 0 saturated carbocycles. The maximum Gasteiger partial charge on any atom is 0.123 e. The van der Waals surface area contributed by atoms with Gasteiger partial charge in [-0.05, 0) is 48.0 Å². The van der Waals surface area contributed by atoms with Crippen molar-refractivity contribution in [2.75, 3.05) is 7.05 Å². The zero-order valence-electron chi connectivity index (χ0n) is 11.2. The van der Waals surface area contributed by atoms with Gasteiger partial charge in [0.2, 0.25) is 0 Å². The molecular formula is C17H15FN2. The maximum atomic E-state index is 13.4. The Morgan fingerprint density at radius 1 is 1.10 bits per heavy atom. The molecule has 0 amide bonds. The van der Waals surface area contributed by atoms with Crippen LogP contribution in [0.15, 0.2) is 54.7 Å². The van der Waals surface area contributed by atoms with Crippen molar-refractivity contribution < 1.29 is 4.39 Å². The van der Waals surface area contributed by atoms with Gasteiger partial charge in [-0.3, -0.25) is 4.98 Å². The van der Waals surface area contributed by atoms with E-state index in [1.165, 1.54) is 6.07 Å². The largest absolute Gasteiger partial charge is 0.316 e. The lowest BCUT2D eigenvalue weighted by atomic mass is 9.98. The third-order valence-electron chi connectivity index (χ3n) is 3.35. The minimum Gasteiger partial charge on any atom is -0.316 e. The van der Waals surface area contributed by atoms with Crippen molar-refractivity contribution in [3.63, 3.8) is 0 Å². The summed E-state index contributed by atoms with van der Waals surface area (Å²) in [6.45, 7) is 0.632. The monoisotopic (exact) mass is 266 g/mol. The number of fused-ring (bicyclic) bond motifs is 1. The van der Waals surface area contributed by atoms with Gasteiger partial charge < -0.3 is 5.32 Å². The second-order valence-corrected chi connectivity index (χ2v) is 4.74. The first-order chi connectivity index (χ1) is 9.78. The van der Waals surface area contributed by atoms with E-state index in [0.29, 0.717) is 6.54 Å². The normalized spacial score (nSPS) is 10.9. The molecule has 3 aromatic rings. The first kappa shape index (κ1) is 12.8. The second kappa shape index (κ2) is 5.39. The van der Waals surface area contributed by atoms with Gasteiger partial charge in [0.15, 0.2) is 0 Å². The summed E-state index contributed by atoms with van der Waals surface area (Å²) >= 11 is 0. The van der Waals surface area contributed by atoms with Crippen LogP contribution in [0.3, 0.4) is 0 Å². The summed E-state index contributed by atoms with van der Waals surface area (Å²) in [6, 6.07) is 15.0. The molecule has 1 N–H and O–H groups in total. The van der Waals surface area contributed by atoms with E-state index in [1.54, 1.807) is 12.3 Å². The molecule has 0 atom stereocenters. The molecule has 1 aromatic heterocycles. The maximum absolute atomic E-state index is 13.4. The second-order valence-electron chi connectivity index (χ2n) is 4.74. The molecule has 0 spiro atoms. The zero-order chi connectivity index (χ0) is 13.9. The molecule has 1 heterocycles. The Hall–Kier alpha value is -2.26. The highest BCUT2D eigenvalue weighted by atomic mass is 19.1. The van der Waals surface area contributed by atoms with Crippen LogP contribution in [-0.2, 0) is 6.54 Å². The smallest absolute Gasteiger partial charge is 0.123 e. The minimum absolute atomic E-state index is 0.210. The minimum atomic E-state index is -0.210. The van der Waals surface area contributed by atoms with Gasteiger partial charge in [-0.1, -0.05) is 24.3 Å². The lowest BCUT2D eigenvalue weighted by Crippen LogP contribution is -2.06. The Bertz CT molecular complexity index is 753. The van der Waals surface area contributed by atoms with E-state index in [1.807, 2.05) is 37.4 Å². The van der Waals surface area contributed by atoms with Crippen LogP contribution in [0.5, 0.6) is 0 Å². The van der Waals surface area contributed by atoms with E-state index in [0.717, 1.165) is 27.6 Å². The number of nitrogens with one attached hydrogen (secondary N) is 1. The lowest BCUT2D eigenvalue weighted by molar-refractivity contribution is 0.624. The number of rotatable bonds is 3. The molecule has 0 aliphatic heterocycles. The Balaban J connectivity index is 2.14. The van der Waals surface area contributed by atoms with Gasteiger partial charge in [0.1, 0.15) is 5.82 Å². The fraction of sp³-hybridized carbons (Fsp3) is 0.118. The third kappa shape index (κ3) is 2.40. The highest BCUT2D eigenvalue weighted by Gasteiger charge is 2.07. The molecule has 0 bridgehead atoms. The van der Waals surface area contributed by atoms with E-state index in [-0.39, 0.29) is 5.82 Å². The number of benzene rings is 2. The zero-order valence-corrected chi connectivity index (χ0v) is 11.2. The van der Waals surface area contributed by atoms with Crippen molar-refractivity contribution >= 4 is 10.9 Å². The average Bonchev–Trinajstić information content (AvgIpc) is 2.47. The summed E-state index contributed by atoms with van der Waals surface area (Å²) in [4.78, 5) is 4.37. The average molecular weight is 266 g/mol. The Morgan fingerprint density at radius 3 is 2.85 bits per heavy atom. The first-order valence-corrected chi connectivity index (χ1v) is 6.56. The van der Waals surface area contributed by atoms with Crippen LogP contribution >= 0.6 is 0 Å². The van der Waals surface area contributed by atoms with Crippen LogP contribution in [0.1, 0.15) is 5.56 Å². The molecule has 0 saturated heterocycles. The van der Waals surface area contributed by atoms with E-state index in [9.17, 15) is 4.39 Å². The van der Waals surface area contributed by atoms with Gasteiger partial charge >= 0.3 is 0 Å². The number of aromatic nitrogens is 1. The van der Waals surface area contributed by atoms with Gasteiger partial charge in [0, 0.05) is 18.1 Å². The van der Waals surface area contributed by atoms with Crippen molar-refractivity contribution in [1.29, 1.82) is 0 Å². The standard InChI is InChI=1S/C17H15FN2/c1-19-11-14-9-15(18)6-7-16(14)13-5-4-12-3-2-8-20-17(12)10-13/h2-10,19H,11H2,1H3. The fourth-order valence-corrected chi connectivity index (χ4v) is 2.41. The van der Waals surface area contributed by atoms with E-state index in [4.69, 9.17) is 0 Å². The summed E-state index contributed by atoms with van der Waals surface area (Å²) < 4.78 is 13.4. The fourth-order valence-electron chi connectivity index (χ4n) is 2.41. The van der Waals surface area contributed by atoms with Crippen LogP contribution in [0.25, 0.3) is 22.0 Å². The Labute approximate surface area is 117 Å². The molecule has 0 fully saturated rings. The van der Waals surface area contributed by atoms with Crippen LogP contribution in [-0.4, -0.2) is 12.0 Å². The quantitative estimate of drug-likeness (QED) is 0.780. The van der Waals surface area contributed by atoms with Crippen LogP contribution in [0, 0.1) is 5.82 Å². The first-order valence-electron chi connectivity index (χ1n) is 6.56. The summed E-state index contributed by atoms with van der Waals surface area (Å²) in [5.74, 6) is -0.210. The Morgan fingerprint density at radius 2 is 2.00 bits per heavy atom. The van der Waals surface area contributed by atoms with Crippen molar-refractivity contribution in [2.45, 2.75) is 6.54 Å². The van der Waals surface area contributed by atoms with Crippen LogP contribution < -0.4 is 5.32 Å². The summed E-state index contributed by atoms with van der Waals surface area (Å²) in [6.07, 6.45) is 1.78. The SMILES string of the molecule is CNCc1cc(F)ccc1-c1ccc2cccnc2c1. The topological polar surface area (TPSA) is 24.9 Å². The number of pyridine rings is 1. The Kier molecular flexibility index (Phi) is 3.44. The van der Waals surface area contributed by atoms with E-state index in [2.05, 4.69) is 16.4 Å². The van der Waals surface area contributed by atoms with Crippen molar-refractivity contribution in [3.8, 4) is 11.1 Å². The predicted molar refractivity (Wildman–Crippen MR) is 79.9 cm³/mol. The number of hydrogen-bond acceptors (Lipinski definition) is 2. The van der Waals surface area contributed by atoms with Crippen LogP contribution in [0.4, 0.5) is 4.39 Å². The third-order valence-corrected chi connectivity index (χ3v) is 3.35. The molecule has 3 rings (SSSR count). The van der Waals surface area contributed by atoms with Crippen molar-refractivity contribution in [3.05, 3.63) is 66.1 Å². The summed E-state index contributed by atoms with van der Waals surface area (Å²) in [5.41, 5.74) is 3.99. The molecule has 2 aromatic carbocycles. The molecule has 0 aliphatic rings. The number of halogens is 1. The highest BCUT2D eigenvalue weighted by molar-refractivity contribution is 5.84. The molecule has 20 heavy (non-hydrogen) atoms. The van der Waals surface area contributed by atoms with Gasteiger partial charge in [-0.15, -0.1) is 0 Å². The number of nitrogens with zero attached hydrogens (tertiary/aromatic N) is 1. The van der Waals surface area contributed by atoms with Crippen molar-refractivity contribution in [1.82, 2.24) is 10.3 Å². The van der Waals surface area contributed by atoms with Crippen molar-refractivity contribution in [2.24, 2.45) is 0 Å². The molecular weight excluding hydrogens is 251 g/mol. The van der Waals surface area contributed by atoms with E-state index < -0.39 is 0 Å². The van der Waals surface area contributed by atoms with Gasteiger partial charge in [-0.25, -0.2) is 4.39 Å². The van der Waals surface area contributed by atoms with Gasteiger partial charge in [-0.2, -0.15) is 0 Å². The molecule has 0 unspecified atom stereocenters. The van der Waals surface area contributed by atoms with Gasteiger partial charge in [0.25, 0.3) is 0 Å². The van der Waals surface area contributed by atoms with Gasteiger partial charge in [0.05, 0.1) is 5.52 Å². The molecule has 0 radical (unpaired) electrons. The molecule has 100 valence electrons. The lowest BCUT2D eigenvalue weighted by Gasteiger charge is -2.10. The predicted octanol–water partition coefficient (Wildman–Crippen LogP) is 3.76. The summed E-state index contributed by atoms with van der Waals surface area (Å²) in [7, 11) is 1.86. The number of hydrogen-bond donors (Lipinski definition) is 1.